The molecule has 0 amide bonds. The molecular formula is C16H39NO. The Labute approximate surface area is 116 Å². The molecule has 0 radical (unpaired) electrons. The van der Waals surface area contributed by atoms with Crippen molar-refractivity contribution >= 4 is 0 Å². The van der Waals surface area contributed by atoms with E-state index >= 15 is 0 Å². The van der Waals surface area contributed by atoms with Crippen molar-refractivity contribution in [2.45, 2.75) is 97.8 Å². The Morgan fingerprint density at radius 3 is 0.889 bits per heavy atom. The molecule has 0 aromatic heterocycles. The van der Waals surface area contributed by atoms with Crippen LogP contribution in [0.2, 0.25) is 0 Å². The Morgan fingerprint density at radius 2 is 0.722 bits per heavy atom. The molecule has 0 saturated heterocycles. The molecule has 2 heteroatoms. The van der Waals surface area contributed by atoms with Crippen LogP contribution in [-0.4, -0.2) is 12.0 Å². The van der Waals surface area contributed by atoms with Crippen LogP contribution in [0.3, 0.4) is 0 Å². The monoisotopic (exact) mass is 261 g/mol. The molecule has 0 aliphatic carbocycles. The summed E-state index contributed by atoms with van der Waals surface area (Å²) < 4.78 is 0. The molecule has 0 aliphatic heterocycles. The average molecular weight is 261 g/mol. The molecule has 0 heterocycles. The zero-order valence-corrected chi connectivity index (χ0v) is 13.3. The maximum absolute atomic E-state index is 5.03. The van der Waals surface area contributed by atoms with Gasteiger partial charge < -0.3 is 11.2 Å². The lowest BCUT2D eigenvalue weighted by Gasteiger charge is -2.00. The first kappa shape index (κ1) is 23.0. The molecule has 0 spiro atoms. The van der Waals surface area contributed by atoms with Gasteiger partial charge in [-0.15, -0.1) is 0 Å². The van der Waals surface area contributed by atoms with Crippen LogP contribution in [0.15, 0.2) is 0 Å². The molecule has 0 unspecified atom stereocenters. The molecule has 18 heavy (non-hydrogen) atoms. The van der Waals surface area contributed by atoms with Crippen LogP contribution in [0, 0.1) is 0 Å². The minimum absolute atomic E-state index is 0. The zero-order valence-electron chi connectivity index (χ0n) is 13.3. The molecule has 2 nitrogen and oxygen atoms in total. The normalized spacial score (nSPS) is 9.33. The molecule has 4 N–H and O–H groups in total. The molecule has 0 rings (SSSR count). The van der Waals surface area contributed by atoms with Crippen molar-refractivity contribution in [1.29, 1.82) is 0 Å². The summed E-state index contributed by atoms with van der Waals surface area (Å²) in [6, 6.07) is 0. The second kappa shape index (κ2) is 25.7. The van der Waals surface area contributed by atoms with Gasteiger partial charge in [-0.2, -0.15) is 0 Å². The molecule has 0 bridgehead atoms. The molecule has 0 aromatic carbocycles. The Bertz CT molecular complexity index is 95.3. The van der Waals surface area contributed by atoms with Crippen molar-refractivity contribution < 1.29 is 5.48 Å². The summed E-state index contributed by atoms with van der Waals surface area (Å²) in [7, 11) is 0. The third kappa shape index (κ3) is 29.7. The van der Waals surface area contributed by atoms with Crippen molar-refractivity contribution in [3.05, 3.63) is 0 Å². The van der Waals surface area contributed by atoms with Crippen LogP contribution in [0.5, 0.6) is 0 Å². The fourth-order valence-corrected chi connectivity index (χ4v) is 1.74. The van der Waals surface area contributed by atoms with Crippen LogP contribution < -0.4 is 5.73 Å². The van der Waals surface area contributed by atoms with Gasteiger partial charge in [0.15, 0.2) is 0 Å². The van der Waals surface area contributed by atoms with Gasteiger partial charge in [0.1, 0.15) is 0 Å². The lowest BCUT2D eigenvalue weighted by atomic mass is 10.1. The molecule has 0 aliphatic rings. The van der Waals surface area contributed by atoms with Gasteiger partial charge in [-0.3, -0.25) is 0 Å². The van der Waals surface area contributed by atoms with Crippen LogP contribution in [0.1, 0.15) is 97.8 Å². The van der Waals surface area contributed by atoms with E-state index in [1.165, 1.54) is 70.6 Å². The average Bonchev–Trinajstić information content (AvgIpc) is 2.37. The highest BCUT2D eigenvalue weighted by Gasteiger charge is 1.90. The van der Waals surface area contributed by atoms with Crippen LogP contribution in [0.25, 0.3) is 0 Å². The second-order valence-corrected chi connectivity index (χ2v) is 4.97. The van der Waals surface area contributed by atoms with E-state index < -0.39 is 0 Å². The number of hydrogen-bond donors (Lipinski definition) is 1. The fourth-order valence-electron chi connectivity index (χ4n) is 1.74. The van der Waals surface area contributed by atoms with E-state index in [0.717, 1.165) is 13.0 Å². The smallest absolute Gasteiger partial charge is 0.00799 e. The molecule has 0 atom stereocenters. The van der Waals surface area contributed by atoms with Crippen molar-refractivity contribution in [3.8, 4) is 0 Å². The summed E-state index contributed by atoms with van der Waals surface area (Å²) in [5, 5.41) is 0. The largest absolute Gasteiger partial charge is 0.412 e. The SMILES string of the molecule is CCCCCCCCCCCCC.CCCN.O. The zero-order chi connectivity index (χ0) is 13.2. The molecule has 0 aromatic rings. The highest BCUT2D eigenvalue weighted by Crippen LogP contribution is 2.10. The van der Waals surface area contributed by atoms with Gasteiger partial charge in [-0.05, 0) is 13.0 Å². The first-order chi connectivity index (χ1) is 8.33. The van der Waals surface area contributed by atoms with Gasteiger partial charge in [0, 0.05) is 0 Å². The van der Waals surface area contributed by atoms with Crippen molar-refractivity contribution in [2.75, 3.05) is 6.54 Å². The third-order valence-electron chi connectivity index (χ3n) is 3.00. The molecule has 0 saturated carbocycles. The predicted molar refractivity (Wildman–Crippen MR) is 85.1 cm³/mol. The highest BCUT2D eigenvalue weighted by molar-refractivity contribution is 4.46. The minimum atomic E-state index is 0. The van der Waals surface area contributed by atoms with Gasteiger partial charge in [0.05, 0.1) is 0 Å². The maximum atomic E-state index is 5.03. The van der Waals surface area contributed by atoms with Crippen molar-refractivity contribution in [2.24, 2.45) is 5.73 Å². The molecule has 0 fully saturated rings. The Balaban J connectivity index is -0.000000392. The van der Waals surface area contributed by atoms with Crippen LogP contribution in [0.4, 0.5) is 0 Å². The van der Waals surface area contributed by atoms with Crippen molar-refractivity contribution in [1.82, 2.24) is 0 Å². The minimum Gasteiger partial charge on any atom is -0.412 e. The van der Waals surface area contributed by atoms with E-state index in [4.69, 9.17) is 5.73 Å². The molecule has 114 valence electrons. The van der Waals surface area contributed by atoms with Crippen molar-refractivity contribution in [3.63, 3.8) is 0 Å². The lowest BCUT2D eigenvalue weighted by molar-refractivity contribution is 0.554. The van der Waals surface area contributed by atoms with E-state index in [0.29, 0.717) is 0 Å². The quantitative estimate of drug-likeness (QED) is 0.531. The summed E-state index contributed by atoms with van der Waals surface area (Å²) in [4.78, 5) is 0. The summed E-state index contributed by atoms with van der Waals surface area (Å²) in [6.07, 6.45) is 17.0. The highest BCUT2D eigenvalue weighted by atomic mass is 16.0. The Kier molecular flexibility index (Phi) is 32.9. The topological polar surface area (TPSA) is 57.5 Å². The maximum Gasteiger partial charge on any atom is -0.00799 e. The third-order valence-corrected chi connectivity index (χ3v) is 3.00. The summed E-state index contributed by atoms with van der Waals surface area (Å²) in [6.45, 7) is 7.44. The van der Waals surface area contributed by atoms with E-state index in [1.54, 1.807) is 0 Å². The van der Waals surface area contributed by atoms with Crippen LogP contribution >= 0.6 is 0 Å². The Morgan fingerprint density at radius 1 is 0.500 bits per heavy atom. The van der Waals surface area contributed by atoms with E-state index in [2.05, 4.69) is 20.8 Å². The van der Waals surface area contributed by atoms with Gasteiger partial charge in [0.25, 0.3) is 0 Å². The van der Waals surface area contributed by atoms with Gasteiger partial charge in [-0.25, -0.2) is 0 Å². The standard InChI is InChI=1S/C13H28.C3H9N.H2O/c1-3-5-7-9-11-13-12-10-8-6-4-2;1-2-3-4;/h3-13H2,1-2H3;2-4H2,1H3;1H2. The number of hydrogen-bond acceptors (Lipinski definition) is 1. The van der Waals surface area contributed by atoms with E-state index in [9.17, 15) is 0 Å². The summed E-state index contributed by atoms with van der Waals surface area (Å²) in [5.74, 6) is 0. The second-order valence-electron chi connectivity index (χ2n) is 4.97. The number of unbranched alkanes of at least 4 members (excludes halogenated alkanes) is 10. The van der Waals surface area contributed by atoms with Gasteiger partial charge in [0.2, 0.25) is 0 Å². The first-order valence-electron chi connectivity index (χ1n) is 8.03. The van der Waals surface area contributed by atoms with E-state index in [-0.39, 0.29) is 5.48 Å². The summed E-state index contributed by atoms with van der Waals surface area (Å²) >= 11 is 0. The van der Waals surface area contributed by atoms with E-state index in [1.807, 2.05) is 0 Å². The summed E-state index contributed by atoms with van der Waals surface area (Å²) in [5.41, 5.74) is 5.03. The molecular weight excluding hydrogens is 222 g/mol. The predicted octanol–water partition coefficient (Wildman–Crippen LogP) is 4.85. The number of nitrogens with two attached hydrogens (primary N) is 1. The first-order valence-corrected chi connectivity index (χ1v) is 8.03. The van der Waals surface area contributed by atoms with Gasteiger partial charge >= 0.3 is 0 Å². The van der Waals surface area contributed by atoms with Gasteiger partial charge in [-0.1, -0.05) is 91.4 Å². The Hall–Kier alpha value is -0.0800. The lowest BCUT2D eigenvalue weighted by Crippen LogP contribution is -1.93. The number of rotatable bonds is 11. The van der Waals surface area contributed by atoms with Crippen LogP contribution in [-0.2, 0) is 0 Å². The fraction of sp³-hybridized carbons (Fsp3) is 1.00.